The Labute approximate surface area is 98.5 Å². The molecular weight excluding hydrogens is 217 g/mol. The molecule has 0 saturated heterocycles. The van der Waals surface area contributed by atoms with Crippen LogP contribution in [0.5, 0.6) is 0 Å². The molecule has 3 nitrogen and oxygen atoms in total. The van der Waals surface area contributed by atoms with Gasteiger partial charge in [-0.2, -0.15) is 5.26 Å². The minimum absolute atomic E-state index is 0.374. The van der Waals surface area contributed by atoms with Gasteiger partial charge < -0.3 is 5.32 Å². The second-order valence-electron chi connectivity index (χ2n) is 3.56. The molecule has 1 N–H and O–H groups in total. The zero-order valence-electron chi connectivity index (χ0n) is 9.02. The second-order valence-corrected chi connectivity index (χ2v) is 3.56. The quantitative estimate of drug-likeness (QED) is 0.877. The van der Waals surface area contributed by atoms with E-state index in [-0.39, 0.29) is 5.82 Å². The van der Waals surface area contributed by atoms with Gasteiger partial charge in [0.05, 0.1) is 29.7 Å². The van der Waals surface area contributed by atoms with Crippen LogP contribution in [0, 0.1) is 17.1 Å². The molecule has 0 aliphatic carbocycles. The van der Waals surface area contributed by atoms with E-state index in [1.165, 1.54) is 6.07 Å². The van der Waals surface area contributed by atoms with E-state index in [0.29, 0.717) is 17.8 Å². The van der Waals surface area contributed by atoms with Crippen LogP contribution in [0.15, 0.2) is 42.7 Å². The molecule has 0 spiro atoms. The summed E-state index contributed by atoms with van der Waals surface area (Å²) >= 11 is 0. The number of halogens is 1. The largest absolute Gasteiger partial charge is 0.380 e. The van der Waals surface area contributed by atoms with E-state index in [1.807, 2.05) is 12.1 Å². The zero-order valence-corrected chi connectivity index (χ0v) is 9.02. The van der Waals surface area contributed by atoms with Gasteiger partial charge in [-0.3, -0.25) is 4.98 Å². The van der Waals surface area contributed by atoms with Crippen LogP contribution in [0.4, 0.5) is 10.1 Å². The van der Waals surface area contributed by atoms with Gasteiger partial charge in [0.25, 0.3) is 0 Å². The van der Waals surface area contributed by atoms with E-state index >= 15 is 0 Å². The van der Waals surface area contributed by atoms with E-state index in [4.69, 9.17) is 5.26 Å². The van der Waals surface area contributed by atoms with Crippen molar-refractivity contribution in [2.75, 3.05) is 5.32 Å². The fourth-order valence-electron chi connectivity index (χ4n) is 1.46. The summed E-state index contributed by atoms with van der Waals surface area (Å²) in [6, 6.07) is 10.7. The number of hydrogen-bond acceptors (Lipinski definition) is 3. The first-order valence-electron chi connectivity index (χ1n) is 5.11. The van der Waals surface area contributed by atoms with Gasteiger partial charge in [0.2, 0.25) is 0 Å². The van der Waals surface area contributed by atoms with Gasteiger partial charge in [-0.05, 0) is 17.7 Å². The Morgan fingerprint density at radius 2 is 2.18 bits per heavy atom. The molecule has 1 heterocycles. The van der Waals surface area contributed by atoms with Crippen LogP contribution in [0.25, 0.3) is 0 Å². The summed E-state index contributed by atoms with van der Waals surface area (Å²) in [5.74, 6) is -0.374. The lowest BCUT2D eigenvalue weighted by Gasteiger charge is -2.06. The SMILES string of the molecule is N#Cc1cccc(CNc2cncc(F)c2)c1. The summed E-state index contributed by atoms with van der Waals surface area (Å²) in [7, 11) is 0. The fourth-order valence-corrected chi connectivity index (χ4v) is 1.46. The molecule has 0 amide bonds. The lowest BCUT2D eigenvalue weighted by molar-refractivity contribution is 0.622. The highest BCUT2D eigenvalue weighted by molar-refractivity contribution is 5.42. The maximum atomic E-state index is 12.9. The minimum Gasteiger partial charge on any atom is -0.380 e. The van der Waals surface area contributed by atoms with E-state index in [2.05, 4.69) is 16.4 Å². The average molecular weight is 227 g/mol. The summed E-state index contributed by atoms with van der Waals surface area (Å²) in [6.07, 6.45) is 2.71. The smallest absolute Gasteiger partial charge is 0.143 e. The molecule has 2 rings (SSSR count). The highest BCUT2D eigenvalue weighted by Crippen LogP contribution is 2.10. The van der Waals surface area contributed by atoms with Crippen molar-refractivity contribution in [2.45, 2.75) is 6.54 Å². The molecule has 0 fully saturated rings. The molecular formula is C13H10FN3. The van der Waals surface area contributed by atoms with Crippen molar-refractivity contribution < 1.29 is 4.39 Å². The monoisotopic (exact) mass is 227 g/mol. The van der Waals surface area contributed by atoms with Crippen molar-refractivity contribution in [3.8, 4) is 6.07 Å². The molecule has 84 valence electrons. The number of rotatable bonds is 3. The Hall–Kier alpha value is -2.41. The van der Waals surface area contributed by atoms with E-state index in [0.717, 1.165) is 11.8 Å². The van der Waals surface area contributed by atoms with Crippen LogP contribution >= 0.6 is 0 Å². The molecule has 0 unspecified atom stereocenters. The normalized spacial score (nSPS) is 9.65. The molecule has 0 aliphatic heterocycles. The van der Waals surface area contributed by atoms with Crippen LogP contribution in [-0.2, 0) is 6.54 Å². The first-order chi connectivity index (χ1) is 8.28. The number of benzene rings is 1. The number of nitrogens with one attached hydrogen (secondary N) is 1. The predicted octanol–water partition coefficient (Wildman–Crippen LogP) is 2.70. The molecule has 0 radical (unpaired) electrons. The van der Waals surface area contributed by atoms with Crippen LogP contribution in [-0.4, -0.2) is 4.98 Å². The van der Waals surface area contributed by atoms with Crippen molar-refractivity contribution >= 4 is 5.69 Å². The standard InChI is InChI=1S/C13H10FN3/c14-12-5-13(9-16-8-12)17-7-11-3-1-2-10(4-11)6-15/h1-5,8-9,17H,7H2. The summed E-state index contributed by atoms with van der Waals surface area (Å²) in [6.45, 7) is 0.528. The Kier molecular flexibility index (Phi) is 3.31. The fraction of sp³-hybridized carbons (Fsp3) is 0.0769. The molecule has 1 aromatic heterocycles. The van der Waals surface area contributed by atoms with Gasteiger partial charge >= 0.3 is 0 Å². The Bertz CT molecular complexity index is 561. The lowest BCUT2D eigenvalue weighted by Crippen LogP contribution is -2.00. The topological polar surface area (TPSA) is 48.7 Å². The van der Waals surface area contributed by atoms with E-state index < -0.39 is 0 Å². The van der Waals surface area contributed by atoms with Crippen LogP contribution in [0.2, 0.25) is 0 Å². The van der Waals surface area contributed by atoms with Gasteiger partial charge in [0.1, 0.15) is 5.82 Å². The number of nitrogens with zero attached hydrogens (tertiary/aromatic N) is 2. The minimum atomic E-state index is -0.374. The number of pyridine rings is 1. The Morgan fingerprint density at radius 1 is 1.29 bits per heavy atom. The van der Waals surface area contributed by atoms with Gasteiger partial charge in [0.15, 0.2) is 0 Å². The second kappa shape index (κ2) is 5.08. The molecule has 0 atom stereocenters. The highest BCUT2D eigenvalue weighted by atomic mass is 19.1. The van der Waals surface area contributed by atoms with Crippen molar-refractivity contribution in [3.05, 3.63) is 59.7 Å². The average Bonchev–Trinajstić information content (AvgIpc) is 2.37. The van der Waals surface area contributed by atoms with E-state index in [9.17, 15) is 4.39 Å². The number of aromatic nitrogens is 1. The predicted molar refractivity (Wildman–Crippen MR) is 62.7 cm³/mol. The van der Waals surface area contributed by atoms with Gasteiger partial charge in [-0.25, -0.2) is 4.39 Å². The summed E-state index contributed by atoms with van der Waals surface area (Å²) in [4.78, 5) is 3.74. The molecule has 1 aromatic carbocycles. The first-order valence-corrected chi connectivity index (χ1v) is 5.11. The highest BCUT2D eigenvalue weighted by Gasteiger charge is 1.97. The first kappa shape index (κ1) is 11.1. The maximum Gasteiger partial charge on any atom is 0.143 e. The zero-order chi connectivity index (χ0) is 12.1. The molecule has 0 bridgehead atoms. The molecule has 2 aromatic rings. The van der Waals surface area contributed by atoms with Crippen molar-refractivity contribution in [1.82, 2.24) is 4.98 Å². The van der Waals surface area contributed by atoms with E-state index in [1.54, 1.807) is 18.3 Å². The van der Waals surface area contributed by atoms with Gasteiger partial charge in [-0.1, -0.05) is 12.1 Å². The number of anilines is 1. The maximum absolute atomic E-state index is 12.9. The third-order valence-electron chi connectivity index (χ3n) is 2.26. The Morgan fingerprint density at radius 3 is 2.94 bits per heavy atom. The lowest BCUT2D eigenvalue weighted by atomic mass is 10.1. The molecule has 4 heteroatoms. The van der Waals surface area contributed by atoms with Crippen LogP contribution < -0.4 is 5.32 Å². The Balaban J connectivity index is 2.05. The number of nitriles is 1. The number of hydrogen-bond donors (Lipinski definition) is 1. The van der Waals surface area contributed by atoms with Gasteiger partial charge in [-0.15, -0.1) is 0 Å². The third-order valence-corrected chi connectivity index (χ3v) is 2.26. The third kappa shape index (κ3) is 3.02. The molecule has 0 saturated carbocycles. The summed E-state index contributed by atoms with van der Waals surface area (Å²) in [5, 5.41) is 11.8. The molecule has 17 heavy (non-hydrogen) atoms. The van der Waals surface area contributed by atoms with Crippen LogP contribution in [0.1, 0.15) is 11.1 Å². The summed E-state index contributed by atoms with van der Waals surface area (Å²) < 4.78 is 12.9. The molecule has 0 aliphatic rings. The van der Waals surface area contributed by atoms with Crippen molar-refractivity contribution in [1.29, 1.82) is 5.26 Å². The summed E-state index contributed by atoms with van der Waals surface area (Å²) in [5.41, 5.74) is 2.20. The van der Waals surface area contributed by atoms with Crippen molar-refractivity contribution in [3.63, 3.8) is 0 Å². The van der Waals surface area contributed by atoms with Gasteiger partial charge in [0, 0.05) is 12.6 Å². The van der Waals surface area contributed by atoms with Crippen LogP contribution in [0.3, 0.4) is 0 Å². The van der Waals surface area contributed by atoms with Crippen molar-refractivity contribution in [2.24, 2.45) is 0 Å².